The lowest BCUT2D eigenvalue weighted by Gasteiger charge is -2.14. The van der Waals surface area contributed by atoms with Crippen molar-refractivity contribution in [3.05, 3.63) is 35.9 Å². The first kappa shape index (κ1) is 14.9. The van der Waals surface area contributed by atoms with Crippen LogP contribution in [0.5, 0.6) is 0 Å². The van der Waals surface area contributed by atoms with Crippen molar-refractivity contribution in [2.24, 2.45) is 11.7 Å². The van der Waals surface area contributed by atoms with E-state index in [-0.39, 0.29) is 24.3 Å². The predicted molar refractivity (Wildman–Crippen MR) is 66.3 cm³/mol. The van der Waals surface area contributed by atoms with Crippen LogP contribution in [0.1, 0.15) is 19.4 Å². The maximum absolute atomic E-state index is 11.4. The van der Waals surface area contributed by atoms with Crippen molar-refractivity contribution in [2.75, 3.05) is 0 Å². The van der Waals surface area contributed by atoms with Crippen molar-refractivity contribution in [1.29, 1.82) is 0 Å². The number of hydrogen-bond acceptors (Lipinski definition) is 3. The van der Waals surface area contributed by atoms with Crippen LogP contribution in [0.3, 0.4) is 0 Å². The van der Waals surface area contributed by atoms with E-state index in [1.807, 2.05) is 44.2 Å². The van der Waals surface area contributed by atoms with Crippen molar-refractivity contribution in [2.45, 2.75) is 26.5 Å². The molecular formula is C12H18ClNO2. The third kappa shape index (κ3) is 4.64. The van der Waals surface area contributed by atoms with E-state index in [4.69, 9.17) is 10.5 Å². The highest BCUT2D eigenvalue weighted by Crippen LogP contribution is 2.04. The number of hydrogen-bond donors (Lipinski definition) is 1. The van der Waals surface area contributed by atoms with E-state index < -0.39 is 6.04 Å². The third-order valence-corrected chi connectivity index (χ3v) is 2.21. The molecule has 0 fully saturated rings. The number of esters is 1. The molecule has 4 heteroatoms. The van der Waals surface area contributed by atoms with Gasteiger partial charge in [-0.1, -0.05) is 44.2 Å². The number of carbonyl (C=O) groups excluding carboxylic acids is 1. The highest BCUT2D eigenvalue weighted by atomic mass is 35.5. The molecule has 0 saturated heterocycles. The Morgan fingerprint density at radius 2 is 1.88 bits per heavy atom. The van der Waals surface area contributed by atoms with E-state index >= 15 is 0 Å². The molecule has 0 aromatic heterocycles. The molecule has 0 spiro atoms. The molecule has 90 valence electrons. The molecule has 1 aromatic rings. The van der Waals surface area contributed by atoms with E-state index in [2.05, 4.69) is 0 Å². The monoisotopic (exact) mass is 243 g/mol. The number of nitrogens with two attached hydrogens (primary N) is 1. The molecule has 1 aromatic carbocycles. The number of benzene rings is 1. The van der Waals surface area contributed by atoms with Gasteiger partial charge in [-0.05, 0) is 11.5 Å². The molecule has 0 aliphatic heterocycles. The Hall–Kier alpha value is -1.06. The van der Waals surface area contributed by atoms with Crippen LogP contribution in [0.4, 0.5) is 0 Å². The molecule has 3 nitrogen and oxygen atoms in total. The summed E-state index contributed by atoms with van der Waals surface area (Å²) in [6, 6.07) is 9.03. The molecule has 0 bridgehead atoms. The van der Waals surface area contributed by atoms with Gasteiger partial charge in [-0.3, -0.25) is 4.79 Å². The van der Waals surface area contributed by atoms with Gasteiger partial charge in [0, 0.05) is 0 Å². The Kier molecular flexibility index (Phi) is 6.77. The van der Waals surface area contributed by atoms with Crippen molar-refractivity contribution >= 4 is 18.4 Å². The summed E-state index contributed by atoms with van der Waals surface area (Å²) in [6.07, 6.45) is 0. The molecule has 0 heterocycles. The Morgan fingerprint density at radius 1 is 1.31 bits per heavy atom. The lowest BCUT2D eigenvalue weighted by atomic mass is 10.1. The molecule has 1 atom stereocenters. The summed E-state index contributed by atoms with van der Waals surface area (Å²) in [4.78, 5) is 11.4. The normalized spacial score (nSPS) is 11.8. The summed E-state index contributed by atoms with van der Waals surface area (Å²) >= 11 is 0. The molecule has 0 aliphatic rings. The second kappa shape index (κ2) is 7.25. The first-order chi connectivity index (χ1) is 7.11. The minimum Gasteiger partial charge on any atom is -0.460 e. The predicted octanol–water partition coefficient (Wildman–Crippen LogP) is 2.13. The summed E-state index contributed by atoms with van der Waals surface area (Å²) in [5.74, 6) is -0.234. The first-order valence-electron chi connectivity index (χ1n) is 5.07. The van der Waals surface area contributed by atoms with Crippen LogP contribution in [0, 0.1) is 5.92 Å². The lowest BCUT2D eigenvalue weighted by molar-refractivity contribution is -0.147. The van der Waals surface area contributed by atoms with Gasteiger partial charge in [-0.25, -0.2) is 0 Å². The smallest absolute Gasteiger partial charge is 0.323 e. The minimum absolute atomic E-state index is 0. The van der Waals surface area contributed by atoms with Crippen LogP contribution in [0.15, 0.2) is 30.3 Å². The quantitative estimate of drug-likeness (QED) is 0.825. The number of carbonyl (C=O) groups is 1. The van der Waals surface area contributed by atoms with Crippen LogP contribution in [0.2, 0.25) is 0 Å². The van der Waals surface area contributed by atoms with E-state index in [0.717, 1.165) is 5.56 Å². The van der Waals surface area contributed by atoms with Crippen molar-refractivity contribution in [3.8, 4) is 0 Å². The number of ether oxygens (including phenoxy) is 1. The van der Waals surface area contributed by atoms with Crippen molar-refractivity contribution < 1.29 is 9.53 Å². The molecule has 0 aliphatic carbocycles. The van der Waals surface area contributed by atoms with Crippen LogP contribution >= 0.6 is 12.4 Å². The van der Waals surface area contributed by atoms with Gasteiger partial charge >= 0.3 is 5.97 Å². The van der Waals surface area contributed by atoms with Gasteiger partial charge in [0.1, 0.15) is 12.6 Å². The zero-order valence-electron chi connectivity index (χ0n) is 9.55. The van der Waals surface area contributed by atoms with Crippen LogP contribution in [-0.4, -0.2) is 12.0 Å². The topological polar surface area (TPSA) is 52.3 Å². The van der Waals surface area contributed by atoms with Gasteiger partial charge in [0.25, 0.3) is 0 Å². The second-order valence-electron chi connectivity index (χ2n) is 3.86. The van der Waals surface area contributed by atoms with Crippen LogP contribution < -0.4 is 5.73 Å². The maximum Gasteiger partial charge on any atom is 0.323 e. The lowest BCUT2D eigenvalue weighted by Crippen LogP contribution is -2.36. The second-order valence-corrected chi connectivity index (χ2v) is 3.86. The van der Waals surface area contributed by atoms with E-state index in [9.17, 15) is 4.79 Å². The largest absolute Gasteiger partial charge is 0.460 e. The summed E-state index contributed by atoms with van der Waals surface area (Å²) in [7, 11) is 0. The molecule has 1 unspecified atom stereocenters. The van der Waals surface area contributed by atoms with Crippen molar-refractivity contribution in [3.63, 3.8) is 0 Å². The molecule has 1 rings (SSSR count). The average Bonchev–Trinajstić information content (AvgIpc) is 2.26. The molecule has 16 heavy (non-hydrogen) atoms. The fourth-order valence-electron chi connectivity index (χ4n) is 1.10. The summed E-state index contributed by atoms with van der Waals surface area (Å²) < 4.78 is 5.09. The molecule has 0 amide bonds. The Morgan fingerprint density at radius 3 is 2.38 bits per heavy atom. The number of halogens is 1. The molecular weight excluding hydrogens is 226 g/mol. The maximum atomic E-state index is 11.4. The Balaban J connectivity index is 0.00000225. The Bertz CT molecular complexity index is 314. The minimum atomic E-state index is -0.534. The van der Waals surface area contributed by atoms with Crippen LogP contribution in [-0.2, 0) is 16.1 Å². The standard InChI is InChI=1S/C12H17NO2.ClH/c1-9(2)11(13)12(14)15-8-10-6-4-3-5-7-10;/h3-7,9,11H,8,13H2,1-2H3;1H. The zero-order chi connectivity index (χ0) is 11.3. The zero-order valence-corrected chi connectivity index (χ0v) is 10.4. The SMILES string of the molecule is CC(C)C(N)C(=O)OCc1ccccc1.Cl. The van der Waals surface area contributed by atoms with E-state index in [1.165, 1.54) is 0 Å². The van der Waals surface area contributed by atoms with Gasteiger partial charge < -0.3 is 10.5 Å². The van der Waals surface area contributed by atoms with Gasteiger partial charge in [0.2, 0.25) is 0 Å². The first-order valence-corrected chi connectivity index (χ1v) is 5.07. The fraction of sp³-hybridized carbons (Fsp3) is 0.417. The van der Waals surface area contributed by atoms with Gasteiger partial charge in [0.05, 0.1) is 0 Å². The summed E-state index contributed by atoms with van der Waals surface area (Å²) in [5, 5.41) is 0. The van der Waals surface area contributed by atoms with Gasteiger partial charge in [-0.15, -0.1) is 12.4 Å². The summed E-state index contributed by atoms with van der Waals surface area (Å²) in [5.41, 5.74) is 6.62. The van der Waals surface area contributed by atoms with Gasteiger partial charge in [0.15, 0.2) is 0 Å². The third-order valence-electron chi connectivity index (χ3n) is 2.21. The van der Waals surface area contributed by atoms with E-state index in [1.54, 1.807) is 0 Å². The molecule has 0 saturated carbocycles. The van der Waals surface area contributed by atoms with Crippen molar-refractivity contribution in [1.82, 2.24) is 0 Å². The number of rotatable bonds is 4. The van der Waals surface area contributed by atoms with Gasteiger partial charge in [-0.2, -0.15) is 0 Å². The highest BCUT2D eigenvalue weighted by molar-refractivity contribution is 5.85. The fourth-order valence-corrected chi connectivity index (χ4v) is 1.10. The molecule has 2 N–H and O–H groups in total. The highest BCUT2D eigenvalue weighted by Gasteiger charge is 2.18. The average molecular weight is 244 g/mol. The summed E-state index contributed by atoms with van der Waals surface area (Å²) in [6.45, 7) is 4.09. The molecule has 0 radical (unpaired) electrons. The Labute approximate surface area is 102 Å². The van der Waals surface area contributed by atoms with Crippen LogP contribution in [0.25, 0.3) is 0 Å². The van der Waals surface area contributed by atoms with E-state index in [0.29, 0.717) is 6.61 Å².